The summed E-state index contributed by atoms with van der Waals surface area (Å²) in [6, 6.07) is 23.8. The van der Waals surface area contributed by atoms with E-state index in [0.717, 1.165) is 21.0 Å². The summed E-state index contributed by atoms with van der Waals surface area (Å²) in [6.07, 6.45) is 1.32. The molecule has 0 unspecified atom stereocenters. The number of nitrogens with zero attached hydrogens (tertiary/aromatic N) is 2. The predicted molar refractivity (Wildman–Crippen MR) is 162 cm³/mol. The number of rotatable bonds is 11. The average Bonchev–Trinajstić information content (AvgIpc) is 3.45. The normalized spacial score (nSPS) is 11.5. The van der Waals surface area contributed by atoms with E-state index in [1.807, 2.05) is 32.9 Å². The second-order valence-corrected chi connectivity index (χ2v) is 11.7. The highest BCUT2D eigenvalue weighted by molar-refractivity contribution is 7.92. The Morgan fingerprint density at radius 1 is 0.952 bits per heavy atom. The van der Waals surface area contributed by atoms with Crippen LogP contribution >= 0.6 is 0 Å². The van der Waals surface area contributed by atoms with Crippen LogP contribution < -0.4 is 9.73 Å². The van der Waals surface area contributed by atoms with Gasteiger partial charge >= 0.3 is 5.97 Å². The number of carbonyl (C=O) groups excluding carboxylic acids is 2. The van der Waals surface area contributed by atoms with Crippen molar-refractivity contribution in [3.8, 4) is 11.3 Å². The number of sulfonamides is 1. The molecule has 218 valence electrons. The molecule has 1 N–H and O–H groups in total. The van der Waals surface area contributed by atoms with E-state index in [-0.39, 0.29) is 10.8 Å². The molecule has 3 aromatic carbocycles. The number of hydrogen-bond acceptors (Lipinski definition) is 7. The monoisotopic (exact) mass is 587 g/mol. The molecule has 0 aliphatic carbocycles. The van der Waals surface area contributed by atoms with Gasteiger partial charge < -0.3 is 9.15 Å². The van der Waals surface area contributed by atoms with Crippen molar-refractivity contribution in [3.05, 3.63) is 107 Å². The summed E-state index contributed by atoms with van der Waals surface area (Å²) in [5.41, 5.74) is 5.90. The van der Waals surface area contributed by atoms with Gasteiger partial charge in [0.15, 0.2) is 0 Å². The number of aryl methyl sites for hydroxylation is 1. The third kappa shape index (κ3) is 7.32. The minimum atomic E-state index is -4.04. The van der Waals surface area contributed by atoms with Gasteiger partial charge in [0.25, 0.3) is 15.9 Å². The summed E-state index contributed by atoms with van der Waals surface area (Å²) in [7, 11) is -4.04. The molecular weight excluding hydrogens is 554 g/mol. The third-order valence-corrected chi connectivity index (χ3v) is 8.22. The zero-order valence-electron chi connectivity index (χ0n) is 23.9. The molecule has 9 nitrogen and oxygen atoms in total. The highest BCUT2D eigenvalue weighted by Gasteiger charge is 2.27. The van der Waals surface area contributed by atoms with Crippen molar-refractivity contribution in [2.24, 2.45) is 5.10 Å². The molecule has 0 saturated heterocycles. The molecule has 1 aromatic heterocycles. The van der Waals surface area contributed by atoms with Crippen molar-refractivity contribution in [2.75, 3.05) is 17.5 Å². The third-order valence-electron chi connectivity index (χ3n) is 6.43. The summed E-state index contributed by atoms with van der Waals surface area (Å²) < 4.78 is 39.0. The van der Waals surface area contributed by atoms with Gasteiger partial charge in [0.05, 0.1) is 29.0 Å². The van der Waals surface area contributed by atoms with E-state index in [1.54, 1.807) is 67.6 Å². The van der Waals surface area contributed by atoms with E-state index in [2.05, 4.69) is 10.5 Å². The number of ether oxygens (including phenoxy) is 1. The van der Waals surface area contributed by atoms with Crippen molar-refractivity contribution < 1.29 is 27.2 Å². The van der Waals surface area contributed by atoms with Crippen LogP contribution in [0.2, 0.25) is 0 Å². The number of hydrazone groups is 1. The van der Waals surface area contributed by atoms with Gasteiger partial charge in [-0.1, -0.05) is 55.8 Å². The van der Waals surface area contributed by atoms with Crippen LogP contribution in [0.4, 0.5) is 5.69 Å². The van der Waals surface area contributed by atoms with Gasteiger partial charge in [-0.3, -0.25) is 9.10 Å². The summed E-state index contributed by atoms with van der Waals surface area (Å²) in [6.45, 7) is 7.52. The van der Waals surface area contributed by atoms with Crippen molar-refractivity contribution in [3.63, 3.8) is 0 Å². The molecular formula is C32H33N3O6S. The molecule has 0 atom stereocenters. The molecule has 10 heteroatoms. The van der Waals surface area contributed by atoms with E-state index >= 15 is 0 Å². The van der Waals surface area contributed by atoms with Gasteiger partial charge in [0, 0.05) is 5.56 Å². The van der Waals surface area contributed by atoms with Crippen LogP contribution in [-0.4, -0.2) is 39.7 Å². The van der Waals surface area contributed by atoms with Crippen molar-refractivity contribution >= 4 is 33.8 Å². The molecule has 4 aromatic rings. The highest BCUT2D eigenvalue weighted by atomic mass is 32.2. The smallest absolute Gasteiger partial charge is 0.338 e. The number of anilines is 1. The number of furan rings is 1. The molecule has 1 heterocycles. The van der Waals surface area contributed by atoms with E-state index in [1.165, 1.54) is 18.3 Å². The number of benzene rings is 3. The molecule has 0 spiro atoms. The number of esters is 1. The molecule has 0 aliphatic rings. The topological polar surface area (TPSA) is 118 Å². The molecule has 42 heavy (non-hydrogen) atoms. The van der Waals surface area contributed by atoms with Crippen LogP contribution in [0.15, 0.2) is 99.3 Å². The second-order valence-electron chi connectivity index (χ2n) is 9.86. The fraction of sp³-hybridized carbons (Fsp3) is 0.219. The zero-order chi connectivity index (χ0) is 30.3. The van der Waals surface area contributed by atoms with Crippen LogP contribution in [0.3, 0.4) is 0 Å². The van der Waals surface area contributed by atoms with Crippen LogP contribution in [0.25, 0.3) is 11.3 Å². The summed E-state index contributed by atoms with van der Waals surface area (Å²) in [4.78, 5) is 24.8. The van der Waals surface area contributed by atoms with Gasteiger partial charge in [-0.2, -0.15) is 5.10 Å². The van der Waals surface area contributed by atoms with Crippen LogP contribution in [0, 0.1) is 6.92 Å². The first-order valence-corrected chi connectivity index (χ1v) is 14.9. The van der Waals surface area contributed by atoms with Gasteiger partial charge in [0.2, 0.25) is 0 Å². The van der Waals surface area contributed by atoms with Gasteiger partial charge in [0.1, 0.15) is 18.1 Å². The number of carbonyl (C=O) groups is 2. The lowest BCUT2D eigenvalue weighted by atomic mass is 10.0. The lowest BCUT2D eigenvalue weighted by Gasteiger charge is -2.24. The van der Waals surface area contributed by atoms with Gasteiger partial charge in [-0.15, -0.1) is 0 Å². The van der Waals surface area contributed by atoms with Crippen LogP contribution in [-0.2, 0) is 19.6 Å². The Kier molecular flexibility index (Phi) is 9.59. The predicted octanol–water partition coefficient (Wildman–Crippen LogP) is 5.90. The minimum absolute atomic E-state index is 0.0794. The van der Waals surface area contributed by atoms with Gasteiger partial charge in [-0.05, 0) is 73.9 Å². The molecule has 1 amide bonds. The molecule has 0 saturated carbocycles. The van der Waals surface area contributed by atoms with E-state index < -0.39 is 28.4 Å². The molecule has 0 bridgehead atoms. The molecule has 0 aliphatic heterocycles. The van der Waals surface area contributed by atoms with E-state index in [4.69, 9.17) is 9.15 Å². The Labute approximate surface area is 245 Å². The first-order chi connectivity index (χ1) is 20.1. The molecule has 0 fully saturated rings. The summed E-state index contributed by atoms with van der Waals surface area (Å²) >= 11 is 0. The van der Waals surface area contributed by atoms with E-state index in [0.29, 0.717) is 29.4 Å². The number of nitrogens with one attached hydrogen (secondary N) is 1. The number of hydrogen-bond donors (Lipinski definition) is 1. The van der Waals surface area contributed by atoms with Crippen molar-refractivity contribution in [2.45, 2.75) is 38.5 Å². The van der Waals surface area contributed by atoms with Crippen molar-refractivity contribution in [1.29, 1.82) is 0 Å². The van der Waals surface area contributed by atoms with Gasteiger partial charge in [-0.25, -0.2) is 18.6 Å². The zero-order valence-corrected chi connectivity index (χ0v) is 24.7. The standard InChI is InChI=1S/C32H33N3O6S/c1-5-40-32(37)26-10-8-25(9-11-26)30-19-16-28(41-30)20-33-34-31(36)21-35(27-14-12-24(13-15-27)22(2)3)42(38,39)29-17-6-23(4)7-18-29/h6-20,22H,5,21H2,1-4H3,(H,34,36)/b33-20-. The maximum atomic E-state index is 13.6. The lowest BCUT2D eigenvalue weighted by molar-refractivity contribution is -0.119. The van der Waals surface area contributed by atoms with Crippen molar-refractivity contribution in [1.82, 2.24) is 5.43 Å². The Morgan fingerprint density at radius 3 is 2.24 bits per heavy atom. The second kappa shape index (κ2) is 13.3. The molecule has 4 rings (SSSR count). The highest BCUT2D eigenvalue weighted by Crippen LogP contribution is 2.26. The fourth-order valence-corrected chi connectivity index (χ4v) is 5.50. The Morgan fingerprint density at radius 2 is 1.62 bits per heavy atom. The largest absolute Gasteiger partial charge is 0.462 e. The lowest BCUT2D eigenvalue weighted by Crippen LogP contribution is -2.39. The summed E-state index contributed by atoms with van der Waals surface area (Å²) in [5, 5.41) is 3.96. The van der Waals surface area contributed by atoms with E-state index in [9.17, 15) is 18.0 Å². The Balaban J connectivity index is 1.47. The SMILES string of the molecule is CCOC(=O)c1ccc(-c2ccc(/C=N\NC(=O)CN(c3ccc(C(C)C)cc3)S(=O)(=O)c3ccc(C)cc3)o2)cc1. The number of amides is 1. The first-order valence-electron chi connectivity index (χ1n) is 13.5. The Bertz CT molecular complexity index is 1660. The maximum absolute atomic E-state index is 13.6. The van der Waals surface area contributed by atoms with Crippen LogP contribution in [0.5, 0.6) is 0 Å². The quantitative estimate of drug-likeness (QED) is 0.133. The minimum Gasteiger partial charge on any atom is -0.462 e. The maximum Gasteiger partial charge on any atom is 0.338 e. The first kappa shape index (κ1) is 30.3. The average molecular weight is 588 g/mol. The fourth-order valence-electron chi connectivity index (χ4n) is 4.07. The molecule has 0 radical (unpaired) electrons. The van der Waals surface area contributed by atoms with Crippen LogP contribution in [0.1, 0.15) is 53.9 Å². The summed E-state index contributed by atoms with van der Waals surface area (Å²) in [5.74, 6) is 0.151. The Hall–Kier alpha value is -4.70.